The minimum atomic E-state index is -0.0102. The molecule has 0 radical (unpaired) electrons. The Balaban J connectivity index is 1.79. The van der Waals surface area contributed by atoms with Crippen LogP contribution in [0.3, 0.4) is 0 Å². The van der Waals surface area contributed by atoms with Crippen molar-refractivity contribution in [1.29, 1.82) is 0 Å². The maximum atomic E-state index is 12.7. The van der Waals surface area contributed by atoms with Gasteiger partial charge in [-0.15, -0.1) is 0 Å². The van der Waals surface area contributed by atoms with E-state index in [1.165, 1.54) is 5.06 Å². The molecule has 2 heterocycles. The molecule has 0 aliphatic carbocycles. The molecule has 2 aliphatic rings. The molecule has 2 unspecified atom stereocenters. The SMILES string of the molecule is COc1ccc(C(=O)C2CC3CCC(C2)N3O)cc1OC. The second-order valence-electron chi connectivity index (χ2n) is 5.87. The average molecular weight is 291 g/mol. The molecule has 0 spiro atoms. The Labute approximate surface area is 124 Å². The standard InChI is InChI=1S/C16H21NO4/c1-20-14-6-3-10(9-15(14)21-2)16(18)11-7-12-4-5-13(8-11)17(12)19/h3,6,9,11-13,19H,4-5,7-8H2,1-2H3. The fraction of sp³-hybridized carbons (Fsp3) is 0.562. The van der Waals surface area contributed by atoms with Gasteiger partial charge in [-0.3, -0.25) is 4.79 Å². The van der Waals surface area contributed by atoms with Crippen molar-refractivity contribution in [2.75, 3.05) is 14.2 Å². The number of hydrogen-bond donors (Lipinski definition) is 1. The van der Waals surface area contributed by atoms with Crippen LogP contribution in [0, 0.1) is 5.92 Å². The van der Waals surface area contributed by atoms with Gasteiger partial charge in [0.25, 0.3) is 0 Å². The molecule has 1 N–H and O–H groups in total. The van der Waals surface area contributed by atoms with Crippen molar-refractivity contribution in [1.82, 2.24) is 5.06 Å². The lowest BCUT2D eigenvalue weighted by Crippen LogP contribution is -2.42. The molecule has 2 fully saturated rings. The second kappa shape index (κ2) is 5.66. The van der Waals surface area contributed by atoms with E-state index in [0.29, 0.717) is 17.1 Å². The Morgan fingerprint density at radius 2 is 1.76 bits per heavy atom. The van der Waals surface area contributed by atoms with E-state index < -0.39 is 0 Å². The number of Topliss-reactive ketones (excluding diaryl/α,β-unsaturated/α-hetero) is 1. The van der Waals surface area contributed by atoms with Crippen LogP contribution in [0.2, 0.25) is 0 Å². The number of ether oxygens (including phenoxy) is 2. The van der Waals surface area contributed by atoms with Gasteiger partial charge in [-0.2, -0.15) is 5.06 Å². The third kappa shape index (κ3) is 2.51. The first-order valence-corrected chi connectivity index (χ1v) is 7.37. The number of rotatable bonds is 4. The van der Waals surface area contributed by atoms with Crippen LogP contribution in [0.5, 0.6) is 11.5 Å². The number of fused-ring (bicyclic) bond motifs is 2. The van der Waals surface area contributed by atoms with Crippen molar-refractivity contribution in [2.24, 2.45) is 5.92 Å². The van der Waals surface area contributed by atoms with Gasteiger partial charge in [-0.05, 0) is 43.9 Å². The smallest absolute Gasteiger partial charge is 0.166 e. The summed E-state index contributed by atoms with van der Waals surface area (Å²) in [7, 11) is 3.14. The van der Waals surface area contributed by atoms with Gasteiger partial charge in [0.15, 0.2) is 17.3 Å². The monoisotopic (exact) mass is 291 g/mol. The number of piperidine rings is 1. The summed E-state index contributed by atoms with van der Waals surface area (Å²) in [6.45, 7) is 0. The second-order valence-corrected chi connectivity index (χ2v) is 5.87. The first kappa shape index (κ1) is 14.4. The molecule has 21 heavy (non-hydrogen) atoms. The van der Waals surface area contributed by atoms with Crippen molar-refractivity contribution in [3.8, 4) is 11.5 Å². The zero-order valence-corrected chi connectivity index (χ0v) is 12.4. The predicted octanol–water partition coefficient (Wildman–Crippen LogP) is 2.52. The van der Waals surface area contributed by atoms with Gasteiger partial charge >= 0.3 is 0 Å². The zero-order chi connectivity index (χ0) is 15.0. The highest BCUT2D eigenvalue weighted by Gasteiger charge is 2.42. The number of methoxy groups -OCH3 is 2. The summed E-state index contributed by atoms with van der Waals surface area (Å²) in [5, 5.41) is 11.4. The highest BCUT2D eigenvalue weighted by atomic mass is 16.5. The van der Waals surface area contributed by atoms with E-state index in [4.69, 9.17) is 9.47 Å². The summed E-state index contributed by atoms with van der Waals surface area (Å²) in [6.07, 6.45) is 3.44. The maximum Gasteiger partial charge on any atom is 0.166 e. The molecular weight excluding hydrogens is 270 g/mol. The quantitative estimate of drug-likeness (QED) is 0.864. The summed E-state index contributed by atoms with van der Waals surface area (Å²) in [5.41, 5.74) is 0.656. The lowest BCUT2D eigenvalue weighted by atomic mass is 9.85. The fourth-order valence-electron chi connectivity index (χ4n) is 3.59. The number of benzene rings is 1. The Hall–Kier alpha value is -1.59. The van der Waals surface area contributed by atoms with Gasteiger partial charge in [0.1, 0.15) is 0 Å². The van der Waals surface area contributed by atoms with E-state index in [2.05, 4.69) is 0 Å². The lowest BCUT2D eigenvalue weighted by Gasteiger charge is -2.33. The van der Waals surface area contributed by atoms with Crippen molar-refractivity contribution < 1.29 is 19.5 Å². The Morgan fingerprint density at radius 1 is 1.14 bits per heavy atom. The zero-order valence-electron chi connectivity index (χ0n) is 12.4. The molecule has 0 aromatic heterocycles. The molecule has 2 saturated heterocycles. The number of carbonyl (C=O) groups excluding carboxylic acids is 1. The maximum absolute atomic E-state index is 12.7. The topological polar surface area (TPSA) is 59.0 Å². The normalized spacial score (nSPS) is 28.4. The van der Waals surface area contributed by atoms with Gasteiger partial charge in [0.2, 0.25) is 0 Å². The highest BCUT2D eigenvalue weighted by molar-refractivity contribution is 5.98. The van der Waals surface area contributed by atoms with Crippen molar-refractivity contribution in [3.05, 3.63) is 23.8 Å². The van der Waals surface area contributed by atoms with Crippen LogP contribution in [-0.2, 0) is 0 Å². The van der Waals surface area contributed by atoms with E-state index in [0.717, 1.165) is 25.7 Å². The Bertz CT molecular complexity index is 531. The molecule has 114 valence electrons. The Kier molecular flexibility index (Phi) is 3.87. The molecule has 5 heteroatoms. The van der Waals surface area contributed by atoms with Crippen LogP contribution in [0.1, 0.15) is 36.0 Å². The van der Waals surface area contributed by atoms with Gasteiger partial charge in [0.05, 0.1) is 14.2 Å². The van der Waals surface area contributed by atoms with E-state index in [1.54, 1.807) is 32.4 Å². The summed E-state index contributed by atoms with van der Waals surface area (Å²) < 4.78 is 10.5. The van der Waals surface area contributed by atoms with Crippen LogP contribution < -0.4 is 9.47 Å². The number of ketones is 1. The van der Waals surface area contributed by atoms with E-state index >= 15 is 0 Å². The number of hydroxylamine groups is 2. The Morgan fingerprint density at radius 3 is 2.33 bits per heavy atom. The summed E-state index contributed by atoms with van der Waals surface area (Å²) in [4.78, 5) is 12.7. The lowest BCUT2D eigenvalue weighted by molar-refractivity contribution is -0.155. The number of hydrogen-bond acceptors (Lipinski definition) is 5. The summed E-state index contributed by atoms with van der Waals surface area (Å²) in [6, 6.07) is 5.57. The van der Waals surface area contributed by atoms with E-state index in [1.807, 2.05) is 0 Å². The molecule has 5 nitrogen and oxygen atoms in total. The molecule has 2 atom stereocenters. The van der Waals surface area contributed by atoms with Gasteiger partial charge < -0.3 is 14.7 Å². The van der Waals surface area contributed by atoms with Gasteiger partial charge in [-0.25, -0.2) is 0 Å². The summed E-state index contributed by atoms with van der Waals surface area (Å²) in [5.74, 6) is 1.33. The van der Waals surface area contributed by atoms with Crippen LogP contribution >= 0.6 is 0 Å². The molecular formula is C16H21NO4. The fourth-order valence-corrected chi connectivity index (χ4v) is 3.59. The average Bonchev–Trinajstić information content (AvgIpc) is 2.75. The molecule has 2 bridgehead atoms. The van der Waals surface area contributed by atoms with Crippen molar-refractivity contribution in [2.45, 2.75) is 37.8 Å². The van der Waals surface area contributed by atoms with Crippen LogP contribution in [0.4, 0.5) is 0 Å². The van der Waals surface area contributed by atoms with Gasteiger partial charge in [0, 0.05) is 23.6 Å². The number of carbonyl (C=O) groups is 1. The van der Waals surface area contributed by atoms with Crippen LogP contribution in [0.25, 0.3) is 0 Å². The van der Waals surface area contributed by atoms with Crippen molar-refractivity contribution in [3.63, 3.8) is 0 Å². The third-order valence-corrected chi connectivity index (χ3v) is 4.73. The summed E-state index contributed by atoms with van der Waals surface area (Å²) >= 11 is 0. The molecule has 0 saturated carbocycles. The third-order valence-electron chi connectivity index (χ3n) is 4.73. The molecule has 1 aromatic carbocycles. The first-order valence-electron chi connectivity index (χ1n) is 7.37. The minimum absolute atomic E-state index is 0.0102. The largest absolute Gasteiger partial charge is 0.493 e. The van der Waals surface area contributed by atoms with Crippen LogP contribution in [0.15, 0.2) is 18.2 Å². The predicted molar refractivity (Wildman–Crippen MR) is 77.0 cm³/mol. The highest BCUT2D eigenvalue weighted by Crippen LogP contribution is 2.39. The number of nitrogens with zero attached hydrogens (tertiary/aromatic N) is 1. The van der Waals surface area contributed by atoms with Crippen molar-refractivity contribution >= 4 is 5.78 Å². The van der Waals surface area contributed by atoms with E-state index in [-0.39, 0.29) is 23.8 Å². The molecule has 2 aliphatic heterocycles. The molecule has 0 amide bonds. The van der Waals surface area contributed by atoms with Crippen LogP contribution in [-0.4, -0.2) is 42.4 Å². The first-order chi connectivity index (χ1) is 10.1. The molecule has 3 rings (SSSR count). The molecule has 1 aromatic rings. The van der Waals surface area contributed by atoms with E-state index in [9.17, 15) is 10.0 Å². The van der Waals surface area contributed by atoms with Gasteiger partial charge in [-0.1, -0.05) is 0 Å². The minimum Gasteiger partial charge on any atom is -0.493 e.